The second-order valence-corrected chi connectivity index (χ2v) is 3.43. The number of aromatic nitrogens is 2. The molecule has 0 aliphatic rings. The summed E-state index contributed by atoms with van der Waals surface area (Å²) in [7, 11) is 1.63. The molecule has 1 aromatic heterocycles. The fourth-order valence-corrected chi connectivity index (χ4v) is 1.51. The second-order valence-electron chi connectivity index (χ2n) is 3.43. The van der Waals surface area contributed by atoms with Crippen LogP contribution < -0.4 is 15.2 Å². The van der Waals surface area contributed by atoms with Crippen LogP contribution in [0.5, 0.6) is 11.5 Å². The van der Waals surface area contributed by atoms with Gasteiger partial charge < -0.3 is 15.2 Å². The number of hydrogen-bond donors (Lipinski definition) is 1. The Balaban J connectivity index is 2.24. The van der Waals surface area contributed by atoms with Crippen LogP contribution in [0, 0.1) is 0 Å². The van der Waals surface area contributed by atoms with E-state index in [-0.39, 0.29) is 0 Å². The number of benzene rings is 1. The van der Waals surface area contributed by atoms with Crippen molar-refractivity contribution in [3.8, 4) is 17.2 Å². The lowest BCUT2D eigenvalue weighted by molar-refractivity contribution is 0.328. The first-order chi connectivity index (χ1) is 8.35. The summed E-state index contributed by atoms with van der Waals surface area (Å²) in [4.78, 5) is 0. The number of nitrogens with two attached hydrogens (primary N) is 1. The molecule has 0 spiro atoms. The first kappa shape index (κ1) is 11.5. The molecule has 0 radical (unpaired) electrons. The quantitative estimate of drug-likeness (QED) is 0.843. The highest BCUT2D eigenvalue weighted by Crippen LogP contribution is 2.22. The topological polar surface area (TPSA) is 62.3 Å². The number of methoxy groups -OCH3 is 1. The molecule has 0 saturated carbocycles. The van der Waals surface area contributed by atoms with E-state index < -0.39 is 0 Å². The molecule has 0 fully saturated rings. The lowest BCUT2D eigenvalue weighted by Gasteiger charge is -2.07. The van der Waals surface area contributed by atoms with Gasteiger partial charge in [-0.15, -0.1) is 0 Å². The summed E-state index contributed by atoms with van der Waals surface area (Å²) >= 11 is 0. The molecular weight excluding hydrogens is 218 g/mol. The largest absolute Gasteiger partial charge is 0.494 e. The van der Waals surface area contributed by atoms with Gasteiger partial charge in [0.15, 0.2) is 5.75 Å². The molecule has 0 unspecified atom stereocenters. The van der Waals surface area contributed by atoms with Crippen LogP contribution in [0.25, 0.3) is 5.69 Å². The summed E-state index contributed by atoms with van der Waals surface area (Å²) in [5.74, 6) is 1.46. The Morgan fingerprint density at radius 1 is 1.35 bits per heavy atom. The molecule has 2 rings (SSSR count). The summed E-state index contributed by atoms with van der Waals surface area (Å²) in [6.07, 6.45) is 3.45. The van der Waals surface area contributed by atoms with Gasteiger partial charge in [0.25, 0.3) is 0 Å². The highest BCUT2D eigenvalue weighted by molar-refractivity contribution is 5.46. The molecule has 2 N–H and O–H groups in total. The molecule has 1 aromatic carbocycles. The van der Waals surface area contributed by atoms with Gasteiger partial charge >= 0.3 is 0 Å². The van der Waals surface area contributed by atoms with Crippen molar-refractivity contribution in [3.63, 3.8) is 0 Å². The van der Waals surface area contributed by atoms with Gasteiger partial charge in [-0.3, -0.25) is 0 Å². The van der Waals surface area contributed by atoms with Crippen molar-refractivity contribution < 1.29 is 9.47 Å². The number of hydrogen-bond acceptors (Lipinski definition) is 4. The fraction of sp³-hybridized carbons (Fsp3) is 0.250. The van der Waals surface area contributed by atoms with Crippen LogP contribution in [-0.2, 0) is 0 Å². The van der Waals surface area contributed by atoms with Gasteiger partial charge in [-0.1, -0.05) is 12.1 Å². The Kier molecular flexibility index (Phi) is 3.62. The van der Waals surface area contributed by atoms with Crippen molar-refractivity contribution in [2.24, 2.45) is 5.73 Å². The first-order valence-corrected chi connectivity index (χ1v) is 5.36. The summed E-state index contributed by atoms with van der Waals surface area (Å²) in [6.45, 7) is 0.970. The van der Waals surface area contributed by atoms with Crippen molar-refractivity contribution in [2.45, 2.75) is 0 Å². The molecule has 5 nitrogen and oxygen atoms in total. The molecule has 17 heavy (non-hydrogen) atoms. The van der Waals surface area contributed by atoms with Crippen LogP contribution in [0.1, 0.15) is 0 Å². The van der Waals surface area contributed by atoms with Crippen LogP contribution in [-0.4, -0.2) is 30.0 Å². The Labute approximate surface area is 99.8 Å². The summed E-state index contributed by atoms with van der Waals surface area (Å²) in [5, 5.41) is 4.22. The van der Waals surface area contributed by atoms with Crippen LogP contribution in [0.4, 0.5) is 0 Å². The van der Waals surface area contributed by atoms with Crippen LogP contribution in [0.15, 0.2) is 36.7 Å². The molecule has 5 heteroatoms. The molecule has 0 amide bonds. The normalized spacial score (nSPS) is 10.2. The maximum atomic E-state index is 5.38. The fourth-order valence-electron chi connectivity index (χ4n) is 1.51. The molecule has 0 aliphatic carbocycles. The highest BCUT2D eigenvalue weighted by atomic mass is 16.5. The third-order valence-corrected chi connectivity index (χ3v) is 2.28. The third-order valence-electron chi connectivity index (χ3n) is 2.28. The Morgan fingerprint density at radius 3 is 2.94 bits per heavy atom. The predicted molar refractivity (Wildman–Crippen MR) is 64.7 cm³/mol. The molecular formula is C12H15N3O2. The number of para-hydroxylation sites is 2. The van der Waals surface area contributed by atoms with E-state index >= 15 is 0 Å². The third kappa shape index (κ3) is 2.57. The first-order valence-electron chi connectivity index (χ1n) is 5.36. The maximum absolute atomic E-state index is 5.38. The minimum absolute atomic E-state index is 0.484. The summed E-state index contributed by atoms with van der Waals surface area (Å²) in [5.41, 5.74) is 6.24. The van der Waals surface area contributed by atoms with E-state index in [1.165, 1.54) is 0 Å². The zero-order valence-electron chi connectivity index (χ0n) is 9.67. The van der Waals surface area contributed by atoms with Gasteiger partial charge in [0.2, 0.25) is 0 Å². The van der Waals surface area contributed by atoms with Gasteiger partial charge in [-0.05, 0) is 12.1 Å². The Bertz CT molecular complexity index is 482. The van der Waals surface area contributed by atoms with Gasteiger partial charge in [-0.2, -0.15) is 5.10 Å². The van der Waals surface area contributed by atoms with Crippen molar-refractivity contribution in [1.82, 2.24) is 9.78 Å². The zero-order valence-corrected chi connectivity index (χ0v) is 9.67. The minimum Gasteiger partial charge on any atom is -0.494 e. The van der Waals surface area contributed by atoms with E-state index in [1.54, 1.807) is 24.2 Å². The van der Waals surface area contributed by atoms with Crippen molar-refractivity contribution in [2.75, 3.05) is 20.3 Å². The van der Waals surface area contributed by atoms with E-state index in [0.29, 0.717) is 18.9 Å². The number of nitrogens with zero attached hydrogens (tertiary/aromatic N) is 2. The summed E-state index contributed by atoms with van der Waals surface area (Å²) in [6, 6.07) is 7.66. The van der Waals surface area contributed by atoms with E-state index in [2.05, 4.69) is 5.10 Å². The highest BCUT2D eigenvalue weighted by Gasteiger charge is 2.06. The molecule has 0 aliphatic heterocycles. The van der Waals surface area contributed by atoms with Gasteiger partial charge in [0.05, 0.1) is 19.5 Å². The van der Waals surface area contributed by atoms with Gasteiger partial charge in [0, 0.05) is 6.54 Å². The average molecular weight is 233 g/mol. The summed E-state index contributed by atoms with van der Waals surface area (Å²) < 4.78 is 12.4. The van der Waals surface area contributed by atoms with Crippen molar-refractivity contribution in [1.29, 1.82) is 0 Å². The van der Waals surface area contributed by atoms with E-state index in [9.17, 15) is 0 Å². The molecule has 0 bridgehead atoms. The Hall–Kier alpha value is -2.01. The van der Waals surface area contributed by atoms with E-state index in [1.807, 2.05) is 24.3 Å². The van der Waals surface area contributed by atoms with E-state index in [4.69, 9.17) is 15.2 Å². The Morgan fingerprint density at radius 2 is 2.18 bits per heavy atom. The van der Waals surface area contributed by atoms with Crippen LogP contribution >= 0.6 is 0 Å². The number of rotatable bonds is 5. The van der Waals surface area contributed by atoms with Crippen molar-refractivity contribution >= 4 is 0 Å². The maximum Gasteiger partial charge on any atom is 0.157 e. The zero-order chi connectivity index (χ0) is 12.1. The molecule has 0 saturated heterocycles. The average Bonchev–Trinajstić information content (AvgIpc) is 2.85. The lowest BCUT2D eigenvalue weighted by atomic mass is 10.3. The molecule has 90 valence electrons. The number of ether oxygens (including phenoxy) is 2. The van der Waals surface area contributed by atoms with Gasteiger partial charge in [-0.25, -0.2) is 4.68 Å². The van der Waals surface area contributed by atoms with Crippen LogP contribution in [0.3, 0.4) is 0 Å². The SMILES string of the molecule is COc1ccccc1-n1cc(OCCN)cn1. The minimum atomic E-state index is 0.484. The van der Waals surface area contributed by atoms with Crippen molar-refractivity contribution in [3.05, 3.63) is 36.7 Å². The van der Waals surface area contributed by atoms with Gasteiger partial charge in [0.1, 0.15) is 18.0 Å². The lowest BCUT2D eigenvalue weighted by Crippen LogP contribution is -2.10. The second kappa shape index (κ2) is 5.36. The van der Waals surface area contributed by atoms with E-state index in [0.717, 1.165) is 11.4 Å². The molecule has 2 aromatic rings. The molecule has 0 atom stereocenters. The predicted octanol–water partition coefficient (Wildman–Crippen LogP) is 1.22. The standard InChI is InChI=1S/C12H15N3O2/c1-16-12-5-3-2-4-11(12)15-9-10(8-14-15)17-7-6-13/h2-5,8-9H,6-7,13H2,1H3. The smallest absolute Gasteiger partial charge is 0.157 e. The van der Waals surface area contributed by atoms with Crippen LogP contribution in [0.2, 0.25) is 0 Å². The monoisotopic (exact) mass is 233 g/mol. The molecule has 1 heterocycles.